The third kappa shape index (κ3) is 3.20. The number of hydrogen-bond donors (Lipinski definition) is 1. The van der Waals surface area contributed by atoms with Crippen LogP contribution in [0.3, 0.4) is 0 Å². The van der Waals surface area contributed by atoms with Crippen LogP contribution in [0.15, 0.2) is 10.7 Å². The Labute approximate surface area is 124 Å². The highest BCUT2D eigenvalue weighted by atomic mass is 79.9. The number of hydrogen-bond acceptors (Lipinski definition) is 3. The molecule has 2 rings (SSSR count). The van der Waals surface area contributed by atoms with Gasteiger partial charge in [0.05, 0.1) is 22.9 Å². The molecule has 0 saturated heterocycles. The molecule has 1 fully saturated rings. The average Bonchev–Trinajstić information content (AvgIpc) is 2.91. The van der Waals surface area contributed by atoms with E-state index in [9.17, 15) is 0 Å². The summed E-state index contributed by atoms with van der Waals surface area (Å²) in [6, 6.07) is 0.633. The topological polar surface area (TPSA) is 33.1 Å². The van der Waals surface area contributed by atoms with Gasteiger partial charge >= 0.3 is 0 Å². The van der Waals surface area contributed by atoms with E-state index >= 15 is 0 Å². The summed E-state index contributed by atoms with van der Waals surface area (Å²) in [7, 11) is 6.27. The van der Waals surface area contributed by atoms with Gasteiger partial charge in [-0.1, -0.05) is 6.92 Å². The van der Waals surface area contributed by atoms with E-state index in [4.69, 9.17) is 0 Å². The van der Waals surface area contributed by atoms with Gasteiger partial charge in [0.2, 0.25) is 0 Å². The first kappa shape index (κ1) is 15.0. The Morgan fingerprint density at radius 1 is 1.58 bits per heavy atom. The highest BCUT2D eigenvalue weighted by molar-refractivity contribution is 9.10. The molecule has 1 heterocycles. The standard InChI is InChI=1S/C14H25BrN4/c1-14(6-5-11(9-14)16-2)13-12(15)10-17-19(13)8-7-18(3)4/h10-11,16H,5-9H2,1-4H3. The molecule has 1 aliphatic rings. The molecule has 0 bridgehead atoms. The van der Waals surface area contributed by atoms with Crippen molar-refractivity contribution >= 4 is 15.9 Å². The molecule has 0 amide bonds. The molecule has 1 aromatic heterocycles. The first-order valence-electron chi connectivity index (χ1n) is 7.00. The molecule has 5 heteroatoms. The SMILES string of the molecule is CNC1CCC(C)(c2c(Br)cnn2CCN(C)C)C1. The first-order valence-corrected chi connectivity index (χ1v) is 7.79. The predicted octanol–water partition coefficient (Wildman–Crippen LogP) is 2.24. The molecule has 2 atom stereocenters. The number of nitrogens with zero attached hydrogens (tertiary/aromatic N) is 3. The van der Waals surface area contributed by atoms with Crippen molar-refractivity contribution in [2.75, 3.05) is 27.7 Å². The maximum absolute atomic E-state index is 4.55. The second-order valence-electron chi connectivity index (χ2n) is 6.16. The van der Waals surface area contributed by atoms with Crippen LogP contribution in [0.5, 0.6) is 0 Å². The summed E-state index contributed by atoms with van der Waals surface area (Å²) in [6.07, 6.45) is 5.61. The van der Waals surface area contributed by atoms with Crippen molar-refractivity contribution in [3.63, 3.8) is 0 Å². The summed E-state index contributed by atoms with van der Waals surface area (Å²) >= 11 is 3.69. The fourth-order valence-corrected chi connectivity index (χ4v) is 3.90. The van der Waals surface area contributed by atoms with E-state index in [1.807, 2.05) is 6.20 Å². The van der Waals surface area contributed by atoms with Gasteiger partial charge in [0, 0.05) is 18.0 Å². The van der Waals surface area contributed by atoms with Crippen LogP contribution in [0.4, 0.5) is 0 Å². The molecular formula is C14H25BrN4. The van der Waals surface area contributed by atoms with Gasteiger partial charge in [0.25, 0.3) is 0 Å². The van der Waals surface area contributed by atoms with Crippen molar-refractivity contribution in [3.8, 4) is 0 Å². The molecule has 2 unspecified atom stereocenters. The average molecular weight is 329 g/mol. The summed E-state index contributed by atoms with van der Waals surface area (Å²) in [5.74, 6) is 0. The van der Waals surface area contributed by atoms with E-state index in [-0.39, 0.29) is 5.41 Å². The van der Waals surface area contributed by atoms with E-state index in [0.29, 0.717) is 6.04 Å². The lowest BCUT2D eigenvalue weighted by molar-refractivity contribution is 0.350. The van der Waals surface area contributed by atoms with Gasteiger partial charge in [-0.3, -0.25) is 4.68 Å². The molecular weight excluding hydrogens is 304 g/mol. The second kappa shape index (κ2) is 5.94. The second-order valence-corrected chi connectivity index (χ2v) is 7.01. The number of likely N-dealkylation sites (N-methyl/N-ethyl adjacent to an activating group) is 1. The Bertz CT molecular complexity index is 429. The van der Waals surface area contributed by atoms with Crippen molar-refractivity contribution in [1.29, 1.82) is 0 Å². The number of halogens is 1. The van der Waals surface area contributed by atoms with Crippen LogP contribution in [0.1, 0.15) is 31.9 Å². The first-order chi connectivity index (χ1) is 8.96. The van der Waals surface area contributed by atoms with Gasteiger partial charge in [0.1, 0.15) is 0 Å². The van der Waals surface area contributed by atoms with Gasteiger partial charge in [-0.25, -0.2) is 0 Å². The third-order valence-corrected chi connectivity index (χ3v) is 4.86. The highest BCUT2D eigenvalue weighted by Gasteiger charge is 2.39. The number of nitrogens with one attached hydrogen (secondary N) is 1. The minimum atomic E-state index is 0.231. The quantitative estimate of drug-likeness (QED) is 0.899. The van der Waals surface area contributed by atoms with Crippen LogP contribution in [-0.4, -0.2) is 48.4 Å². The summed E-state index contributed by atoms with van der Waals surface area (Å²) in [5.41, 5.74) is 1.60. The lowest BCUT2D eigenvalue weighted by atomic mass is 9.84. The monoisotopic (exact) mass is 328 g/mol. The molecule has 0 radical (unpaired) electrons. The summed E-state index contributed by atoms with van der Waals surface area (Å²) in [4.78, 5) is 2.20. The molecule has 1 aromatic rings. The Morgan fingerprint density at radius 3 is 2.89 bits per heavy atom. The van der Waals surface area contributed by atoms with E-state index in [1.165, 1.54) is 25.0 Å². The maximum Gasteiger partial charge on any atom is 0.0635 e. The zero-order chi connectivity index (χ0) is 14.0. The zero-order valence-corrected chi connectivity index (χ0v) is 14.0. The Balaban J connectivity index is 2.21. The third-order valence-electron chi connectivity index (χ3n) is 4.28. The molecule has 1 N–H and O–H groups in total. The van der Waals surface area contributed by atoms with Crippen LogP contribution < -0.4 is 5.32 Å². The number of aromatic nitrogens is 2. The molecule has 1 aliphatic carbocycles. The lowest BCUT2D eigenvalue weighted by Gasteiger charge is -2.26. The minimum absolute atomic E-state index is 0.231. The zero-order valence-electron chi connectivity index (χ0n) is 12.4. The van der Waals surface area contributed by atoms with Crippen LogP contribution in [0, 0.1) is 0 Å². The van der Waals surface area contributed by atoms with Crippen LogP contribution in [-0.2, 0) is 12.0 Å². The van der Waals surface area contributed by atoms with Gasteiger partial charge in [-0.2, -0.15) is 5.10 Å². The van der Waals surface area contributed by atoms with Crippen molar-refractivity contribution < 1.29 is 0 Å². The van der Waals surface area contributed by atoms with Gasteiger partial charge in [-0.15, -0.1) is 0 Å². The molecule has 108 valence electrons. The molecule has 0 spiro atoms. The number of rotatable bonds is 5. The van der Waals surface area contributed by atoms with Crippen LogP contribution in [0.2, 0.25) is 0 Å². The van der Waals surface area contributed by atoms with Gasteiger partial charge < -0.3 is 10.2 Å². The van der Waals surface area contributed by atoms with E-state index < -0.39 is 0 Å². The summed E-state index contributed by atoms with van der Waals surface area (Å²) in [6.45, 7) is 4.35. The van der Waals surface area contributed by atoms with Crippen molar-refractivity contribution in [2.45, 2.75) is 44.2 Å². The van der Waals surface area contributed by atoms with E-state index in [0.717, 1.165) is 17.6 Å². The Morgan fingerprint density at radius 2 is 2.32 bits per heavy atom. The van der Waals surface area contributed by atoms with E-state index in [2.05, 4.69) is 64.0 Å². The molecule has 19 heavy (non-hydrogen) atoms. The minimum Gasteiger partial charge on any atom is -0.317 e. The van der Waals surface area contributed by atoms with Gasteiger partial charge in [0.15, 0.2) is 0 Å². The highest BCUT2D eigenvalue weighted by Crippen LogP contribution is 2.43. The molecule has 4 nitrogen and oxygen atoms in total. The summed E-state index contributed by atoms with van der Waals surface area (Å²) in [5, 5.41) is 7.97. The fourth-order valence-electron chi connectivity index (χ4n) is 3.13. The molecule has 0 aromatic carbocycles. The fraction of sp³-hybridized carbons (Fsp3) is 0.786. The summed E-state index contributed by atoms with van der Waals surface area (Å²) < 4.78 is 3.34. The van der Waals surface area contributed by atoms with Crippen molar-refractivity contribution in [2.24, 2.45) is 0 Å². The lowest BCUT2D eigenvalue weighted by Crippen LogP contribution is -2.29. The molecule has 0 aliphatic heterocycles. The normalized spacial score (nSPS) is 27.4. The van der Waals surface area contributed by atoms with Crippen molar-refractivity contribution in [3.05, 3.63) is 16.4 Å². The van der Waals surface area contributed by atoms with Crippen LogP contribution in [0.25, 0.3) is 0 Å². The Hall–Kier alpha value is -0.390. The Kier molecular flexibility index (Phi) is 4.69. The maximum atomic E-state index is 4.55. The van der Waals surface area contributed by atoms with Crippen molar-refractivity contribution in [1.82, 2.24) is 20.0 Å². The van der Waals surface area contributed by atoms with E-state index in [1.54, 1.807) is 0 Å². The van der Waals surface area contributed by atoms with Crippen LogP contribution >= 0.6 is 15.9 Å². The smallest absolute Gasteiger partial charge is 0.0635 e. The molecule has 1 saturated carbocycles. The largest absolute Gasteiger partial charge is 0.317 e. The predicted molar refractivity (Wildman–Crippen MR) is 82.5 cm³/mol. The van der Waals surface area contributed by atoms with Gasteiger partial charge in [-0.05, 0) is 56.3 Å².